The average Bonchev–Trinajstić information content (AvgIpc) is 2.49. The molecule has 0 amide bonds. The molecule has 192 valence electrons. The number of nitrogens with one attached hydrogen (secondary N) is 1. The summed E-state index contributed by atoms with van der Waals surface area (Å²) in [5, 5.41) is 17.0. The van der Waals surface area contributed by atoms with Crippen LogP contribution in [0, 0.1) is 5.21 Å². The van der Waals surface area contributed by atoms with Gasteiger partial charge in [-0.25, -0.2) is 5.21 Å². The van der Waals surface area contributed by atoms with Gasteiger partial charge in [-0.15, -0.1) is 0 Å². The molecule has 0 saturated carbocycles. The molecular weight excluding hydrogens is 523 g/mol. The van der Waals surface area contributed by atoms with Gasteiger partial charge in [-0.05, 0) is 0 Å². The zero-order chi connectivity index (χ0) is 26.4. The fourth-order valence-electron chi connectivity index (χ4n) is 1.59. The highest BCUT2D eigenvalue weighted by Crippen LogP contribution is 2.47. The van der Waals surface area contributed by atoms with Crippen LogP contribution in [0.4, 0.5) is 71.5 Å². The van der Waals surface area contributed by atoms with Gasteiger partial charge in [0.2, 0.25) is 5.69 Å². The molecule has 1 aromatic carbocycles. The molecule has 33 heavy (non-hydrogen) atoms. The van der Waals surface area contributed by atoms with Crippen molar-refractivity contribution in [1.29, 1.82) is 0 Å². The quantitative estimate of drug-likeness (QED) is 0.398. The fraction of sp³-hybridized carbons (Fsp3) is 0.500. The lowest BCUT2D eigenvalue weighted by Crippen LogP contribution is -2.99. The number of benzene rings is 1. The Morgan fingerprint density at radius 1 is 0.576 bits per heavy atom. The number of ether oxygens (including phenoxy) is 3. The van der Waals surface area contributed by atoms with Crippen molar-refractivity contribution in [2.75, 3.05) is 0 Å². The van der Waals surface area contributed by atoms with Gasteiger partial charge in [0.05, 0.1) is 0 Å². The molecule has 0 bridgehead atoms. The van der Waals surface area contributed by atoms with E-state index in [0.717, 1.165) is 0 Å². The summed E-state index contributed by atoms with van der Waals surface area (Å²) in [7, 11) is 0. The van der Waals surface area contributed by atoms with Crippen LogP contribution in [0.15, 0.2) is 12.1 Å². The lowest BCUT2D eigenvalue weighted by Gasteiger charge is -2.27. The van der Waals surface area contributed by atoms with E-state index in [-0.39, 0.29) is 0 Å². The Hall–Kier alpha value is -2.55. The van der Waals surface area contributed by atoms with Crippen molar-refractivity contribution in [3.8, 4) is 17.2 Å². The molecule has 0 saturated heterocycles. The SMILES string of the molecule is [O-][NH+](O)c1c(OC(F)(F)C(F)(F)F)cc(OC(F)(F)C(F)(F)F)cc1OC(F)(F)C(F)(F)F. The van der Waals surface area contributed by atoms with Crippen LogP contribution in [0.2, 0.25) is 0 Å². The maximum absolute atomic E-state index is 13.1. The average molecular weight is 527 g/mol. The van der Waals surface area contributed by atoms with Gasteiger partial charge < -0.3 is 19.4 Å². The monoisotopic (exact) mass is 527 g/mol. The largest absolute Gasteiger partial charge is 0.595 e. The summed E-state index contributed by atoms with van der Waals surface area (Å²) >= 11 is 0. The number of quaternary nitrogens is 1. The van der Waals surface area contributed by atoms with Crippen molar-refractivity contribution in [2.24, 2.45) is 0 Å². The van der Waals surface area contributed by atoms with E-state index < -0.39 is 77.1 Å². The summed E-state index contributed by atoms with van der Waals surface area (Å²) in [6, 6.07) is -1.61. The molecule has 0 aliphatic carbocycles. The molecule has 1 unspecified atom stereocenters. The summed E-state index contributed by atoms with van der Waals surface area (Å²) in [5.41, 5.74) is -2.48. The first-order valence-corrected chi connectivity index (χ1v) is 7.14. The van der Waals surface area contributed by atoms with Gasteiger partial charge in [0.1, 0.15) is 5.75 Å². The highest BCUT2D eigenvalue weighted by Gasteiger charge is 2.64. The highest BCUT2D eigenvalue weighted by atomic mass is 19.4. The van der Waals surface area contributed by atoms with Crippen molar-refractivity contribution in [1.82, 2.24) is 0 Å². The van der Waals surface area contributed by atoms with Crippen LogP contribution < -0.4 is 19.4 Å². The molecule has 0 radical (unpaired) electrons. The van der Waals surface area contributed by atoms with Crippen molar-refractivity contribution < 1.29 is 90.5 Å². The second kappa shape index (κ2) is 8.34. The lowest BCUT2D eigenvalue weighted by atomic mass is 10.2. The summed E-state index contributed by atoms with van der Waals surface area (Å²) in [4.78, 5) is 0. The normalized spacial score (nSPS) is 15.3. The van der Waals surface area contributed by atoms with Crippen LogP contribution >= 0.6 is 0 Å². The molecule has 0 aliphatic heterocycles. The fourth-order valence-corrected chi connectivity index (χ4v) is 1.59. The maximum Gasteiger partial charge on any atom is 0.499 e. The molecule has 1 atom stereocenters. The first kappa shape index (κ1) is 28.5. The van der Waals surface area contributed by atoms with E-state index in [4.69, 9.17) is 5.21 Å². The van der Waals surface area contributed by atoms with Crippen LogP contribution in [0.3, 0.4) is 0 Å². The van der Waals surface area contributed by atoms with Gasteiger partial charge in [0, 0.05) is 12.1 Å². The highest BCUT2D eigenvalue weighted by molar-refractivity contribution is 5.61. The Bertz CT molecular complexity index is 796. The van der Waals surface area contributed by atoms with Gasteiger partial charge in [-0.3, -0.25) is 0 Å². The summed E-state index contributed by atoms with van der Waals surface area (Å²) < 4.78 is 197. The van der Waals surface area contributed by atoms with Gasteiger partial charge in [0.25, 0.3) is 0 Å². The van der Waals surface area contributed by atoms with Crippen molar-refractivity contribution in [3.63, 3.8) is 0 Å². The predicted octanol–water partition coefficient (Wildman–Crippen LogP) is 4.69. The molecule has 0 spiro atoms. The van der Waals surface area contributed by atoms with E-state index in [1.54, 1.807) is 0 Å². The van der Waals surface area contributed by atoms with Gasteiger partial charge in [-0.2, -0.15) is 71.1 Å². The number of rotatable bonds is 7. The molecule has 1 aromatic rings. The van der Waals surface area contributed by atoms with Crippen LogP contribution in [-0.2, 0) is 0 Å². The van der Waals surface area contributed by atoms with E-state index in [9.17, 15) is 71.1 Å². The minimum Gasteiger partial charge on any atom is -0.595 e. The van der Waals surface area contributed by atoms with Crippen molar-refractivity contribution in [3.05, 3.63) is 17.3 Å². The zero-order valence-corrected chi connectivity index (χ0v) is 14.4. The standard InChI is InChI=1S/C12H4F15NO5/c13-7(14,15)10(22,23)31-3-1-4(32-11(24,25)8(16,17)18)6(28(29)30)5(2-3)33-12(26,27)9(19,20)21/h1-2,28-29H. The number of hydrogen-bond donors (Lipinski definition) is 2. The summed E-state index contributed by atoms with van der Waals surface area (Å²) in [5.74, 6) is -7.62. The van der Waals surface area contributed by atoms with Gasteiger partial charge >= 0.3 is 36.9 Å². The number of alkyl halides is 15. The first-order valence-electron chi connectivity index (χ1n) is 7.14. The Kier molecular flexibility index (Phi) is 7.20. The molecule has 0 aliphatic rings. The Labute approximate surface area is 169 Å². The Morgan fingerprint density at radius 2 is 0.848 bits per heavy atom. The summed E-state index contributed by atoms with van der Waals surface area (Å²) in [6.45, 7) is 0. The van der Waals surface area contributed by atoms with Crippen LogP contribution in [0.25, 0.3) is 0 Å². The predicted molar refractivity (Wildman–Crippen MR) is 67.1 cm³/mol. The van der Waals surface area contributed by atoms with Gasteiger partial charge in [-0.1, -0.05) is 0 Å². The second-order valence-corrected chi connectivity index (χ2v) is 5.45. The third kappa shape index (κ3) is 6.28. The molecule has 0 heterocycles. The zero-order valence-electron chi connectivity index (χ0n) is 14.4. The minimum absolute atomic E-state index is 0.804. The third-order valence-electron chi connectivity index (χ3n) is 2.97. The van der Waals surface area contributed by atoms with E-state index >= 15 is 0 Å². The molecule has 6 nitrogen and oxygen atoms in total. The molecule has 0 aromatic heterocycles. The summed E-state index contributed by atoms with van der Waals surface area (Å²) in [6.07, 6.45) is -39.4. The minimum atomic E-state index is -6.73. The van der Waals surface area contributed by atoms with Gasteiger partial charge in [0.15, 0.2) is 11.5 Å². The molecular formula is C12H4F15NO5. The van der Waals surface area contributed by atoms with Crippen LogP contribution in [0.5, 0.6) is 17.2 Å². The van der Waals surface area contributed by atoms with Crippen molar-refractivity contribution in [2.45, 2.75) is 36.9 Å². The number of hydrogen-bond acceptors (Lipinski definition) is 5. The molecule has 21 heteroatoms. The molecule has 2 N–H and O–H groups in total. The van der Waals surface area contributed by atoms with E-state index in [0.29, 0.717) is 0 Å². The Balaban J connectivity index is 3.80. The maximum atomic E-state index is 13.1. The third-order valence-corrected chi connectivity index (χ3v) is 2.97. The van der Waals surface area contributed by atoms with E-state index in [2.05, 4.69) is 14.2 Å². The smallest absolute Gasteiger partial charge is 0.499 e. The van der Waals surface area contributed by atoms with Crippen molar-refractivity contribution >= 4 is 5.69 Å². The lowest BCUT2D eigenvalue weighted by molar-refractivity contribution is -0.991. The number of halogens is 15. The first-order chi connectivity index (χ1) is 14.3. The van der Waals surface area contributed by atoms with E-state index in [1.165, 1.54) is 0 Å². The second-order valence-electron chi connectivity index (χ2n) is 5.45. The molecule has 1 rings (SSSR count). The van der Waals surface area contributed by atoms with E-state index in [1.807, 2.05) is 0 Å². The molecule has 0 fully saturated rings. The van der Waals surface area contributed by atoms with Crippen LogP contribution in [-0.4, -0.2) is 42.1 Å². The topological polar surface area (TPSA) is 75.4 Å². The van der Waals surface area contributed by atoms with Crippen LogP contribution in [0.1, 0.15) is 0 Å². The Morgan fingerprint density at radius 3 is 1.09 bits per heavy atom.